The lowest BCUT2D eigenvalue weighted by molar-refractivity contribution is 0.413. The summed E-state index contributed by atoms with van der Waals surface area (Å²) in [5, 5.41) is 0.849. The van der Waals surface area contributed by atoms with Gasteiger partial charge in [-0.1, -0.05) is 30.3 Å². The molecule has 4 rings (SSSR count). The summed E-state index contributed by atoms with van der Waals surface area (Å²) in [6.45, 7) is 0. The molecule has 0 fully saturated rings. The minimum atomic E-state index is -0.415. The Labute approximate surface area is 148 Å². The number of ether oxygens (including phenoxy) is 1. The molecule has 5 nitrogen and oxygen atoms in total. The molecular weight excluding hydrogens is 336 g/mol. The van der Waals surface area contributed by atoms with Crippen LogP contribution in [0.1, 0.15) is 0 Å². The second-order valence-electron chi connectivity index (χ2n) is 5.50. The first-order valence-corrected chi connectivity index (χ1v) is 8.06. The van der Waals surface area contributed by atoms with Crippen LogP contribution in [0, 0.1) is 4.77 Å². The van der Waals surface area contributed by atoms with Gasteiger partial charge in [0.05, 0.1) is 24.1 Å². The van der Waals surface area contributed by atoms with Gasteiger partial charge in [0.2, 0.25) is 0 Å². The molecule has 0 atom stereocenters. The Morgan fingerprint density at radius 2 is 1.88 bits per heavy atom. The molecule has 2 aromatic heterocycles. The summed E-state index contributed by atoms with van der Waals surface area (Å²) in [7, 11) is 1.61. The Kier molecular flexibility index (Phi) is 3.74. The first-order valence-electron chi connectivity index (χ1n) is 7.66. The number of nitrogens with zero attached hydrogens (tertiary/aromatic N) is 1. The molecule has 0 spiro atoms. The van der Waals surface area contributed by atoms with Gasteiger partial charge >= 0.3 is 5.63 Å². The normalized spacial score (nSPS) is 10.9. The van der Waals surface area contributed by atoms with Crippen molar-refractivity contribution in [3.05, 3.63) is 76.0 Å². The number of aromatic amines is 1. The van der Waals surface area contributed by atoms with Crippen LogP contribution in [0.4, 0.5) is 0 Å². The Balaban J connectivity index is 1.90. The third-order valence-corrected chi connectivity index (χ3v) is 4.29. The van der Waals surface area contributed by atoms with E-state index in [4.69, 9.17) is 21.4 Å². The Morgan fingerprint density at radius 3 is 2.72 bits per heavy atom. The number of fused-ring (bicyclic) bond motifs is 1. The number of imidazole rings is 1. The molecule has 0 aliphatic carbocycles. The molecular formula is C19H14N2O3S. The number of aromatic nitrogens is 2. The van der Waals surface area contributed by atoms with Crippen LogP contribution >= 0.6 is 12.2 Å². The molecule has 0 amide bonds. The van der Waals surface area contributed by atoms with Crippen molar-refractivity contribution >= 4 is 23.2 Å². The van der Waals surface area contributed by atoms with E-state index in [0.29, 0.717) is 27.4 Å². The molecule has 0 unspecified atom stereocenters. The summed E-state index contributed by atoms with van der Waals surface area (Å²) in [6, 6.07) is 16.7. The lowest BCUT2D eigenvalue weighted by Crippen LogP contribution is -2.02. The average molecular weight is 350 g/mol. The molecule has 2 aromatic carbocycles. The zero-order chi connectivity index (χ0) is 17.4. The fourth-order valence-corrected chi connectivity index (χ4v) is 3.05. The minimum absolute atomic E-state index is 0.415. The number of H-pyrrole nitrogens is 1. The number of methoxy groups -OCH3 is 1. The van der Waals surface area contributed by atoms with E-state index in [1.165, 1.54) is 0 Å². The number of benzene rings is 2. The van der Waals surface area contributed by atoms with Gasteiger partial charge in [-0.05, 0) is 36.5 Å². The predicted molar refractivity (Wildman–Crippen MR) is 99.0 cm³/mol. The number of para-hydroxylation sites is 3. The zero-order valence-electron chi connectivity index (χ0n) is 13.4. The van der Waals surface area contributed by atoms with E-state index >= 15 is 0 Å². The molecule has 2 heterocycles. The SMILES string of the molecule is COc1ccccc1-n1cc(-c2cc3ccccc3oc2=O)[nH]c1=S. The highest BCUT2D eigenvalue weighted by molar-refractivity contribution is 7.71. The first-order chi connectivity index (χ1) is 12.2. The Bertz CT molecular complexity index is 1190. The van der Waals surface area contributed by atoms with Crippen molar-refractivity contribution in [1.82, 2.24) is 9.55 Å². The maximum Gasteiger partial charge on any atom is 0.345 e. The number of nitrogens with one attached hydrogen (secondary N) is 1. The largest absolute Gasteiger partial charge is 0.495 e. The van der Waals surface area contributed by atoms with Crippen LogP contribution in [0.2, 0.25) is 0 Å². The second-order valence-corrected chi connectivity index (χ2v) is 5.89. The highest BCUT2D eigenvalue weighted by atomic mass is 32.1. The van der Waals surface area contributed by atoms with Gasteiger partial charge in [0.15, 0.2) is 4.77 Å². The van der Waals surface area contributed by atoms with Gasteiger partial charge in [0.25, 0.3) is 0 Å². The zero-order valence-corrected chi connectivity index (χ0v) is 14.2. The molecule has 4 aromatic rings. The lowest BCUT2D eigenvalue weighted by Gasteiger charge is -2.08. The molecule has 0 saturated carbocycles. The van der Waals surface area contributed by atoms with Crippen molar-refractivity contribution in [2.45, 2.75) is 0 Å². The van der Waals surface area contributed by atoms with E-state index in [2.05, 4.69) is 4.98 Å². The van der Waals surface area contributed by atoms with Crippen molar-refractivity contribution in [2.75, 3.05) is 7.11 Å². The van der Waals surface area contributed by atoms with Crippen molar-refractivity contribution < 1.29 is 9.15 Å². The summed E-state index contributed by atoms with van der Waals surface area (Å²) in [4.78, 5) is 15.4. The van der Waals surface area contributed by atoms with Crippen LogP contribution in [0.3, 0.4) is 0 Å². The topological polar surface area (TPSA) is 60.2 Å². The molecule has 0 saturated heterocycles. The molecule has 1 N–H and O–H groups in total. The van der Waals surface area contributed by atoms with Crippen LogP contribution in [0.15, 0.2) is 70.0 Å². The van der Waals surface area contributed by atoms with Gasteiger partial charge in [0, 0.05) is 11.6 Å². The van der Waals surface area contributed by atoms with E-state index < -0.39 is 5.63 Å². The van der Waals surface area contributed by atoms with Gasteiger partial charge < -0.3 is 14.1 Å². The predicted octanol–water partition coefficient (Wildman–Crippen LogP) is 4.32. The molecule has 124 valence electrons. The van der Waals surface area contributed by atoms with E-state index in [-0.39, 0.29) is 0 Å². The number of hydrogen-bond acceptors (Lipinski definition) is 4. The van der Waals surface area contributed by atoms with Crippen LogP contribution < -0.4 is 10.4 Å². The monoisotopic (exact) mass is 350 g/mol. The van der Waals surface area contributed by atoms with Crippen LogP contribution in [-0.2, 0) is 0 Å². The smallest absolute Gasteiger partial charge is 0.345 e. The van der Waals surface area contributed by atoms with Crippen molar-refractivity contribution in [2.24, 2.45) is 0 Å². The summed E-state index contributed by atoms with van der Waals surface area (Å²) < 4.78 is 13.0. The van der Waals surface area contributed by atoms with E-state index in [0.717, 1.165) is 11.1 Å². The van der Waals surface area contributed by atoms with Gasteiger partial charge in [-0.25, -0.2) is 4.79 Å². The molecule has 0 bridgehead atoms. The van der Waals surface area contributed by atoms with Crippen LogP contribution in [0.25, 0.3) is 27.9 Å². The highest BCUT2D eigenvalue weighted by Gasteiger charge is 2.13. The molecule has 0 radical (unpaired) electrons. The van der Waals surface area contributed by atoms with Crippen molar-refractivity contribution in [1.29, 1.82) is 0 Å². The van der Waals surface area contributed by atoms with Crippen molar-refractivity contribution in [3.63, 3.8) is 0 Å². The molecule has 0 aliphatic rings. The first kappa shape index (κ1) is 15.4. The maximum atomic E-state index is 12.4. The third-order valence-electron chi connectivity index (χ3n) is 3.99. The molecule has 0 aliphatic heterocycles. The van der Waals surface area contributed by atoms with Crippen molar-refractivity contribution in [3.8, 4) is 22.7 Å². The van der Waals surface area contributed by atoms with Gasteiger partial charge in [-0.15, -0.1) is 0 Å². The highest BCUT2D eigenvalue weighted by Crippen LogP contribution is 2.26. The van der Waals surface area contributed by atoms with E-state index in [9.17, 15) is 4.79 Å². The number of hydrogen-bond donors (Lipinski definition) is 1. The van der Waals surface area contributed by atoms with Gasteiger partial charge in [0.1, 0.15) is 11.3 Å². The quantitative estimate of drug-likeness (QED) is 0.442. The fraction of sp³-hybridized carbons (Fsp3) is 0.0526. The van der Waals surface area contributed by atoms with E-state index in [1.807, 2.05) is 42.5 Å². The lowest BCUT2D eigenvalue weighted by atomic mass is 10.1. The van der Waals surface area contributed by atoms with Gasteiger partial charge in [-0.3, -0.25) is 4.57 Å². The Hall–Kier alpha value is -3.12. The summed E-state index contributed by atoms with van der Waals surface area (Å²) >= 11 is 5.42. The standard InChI is InChI=1S/C19H14N2O3S/c1-23-17-9-5-3-7-15(17)21-11-14(20-19(21)25)13-10-12-6-2-4-8-16(12)24-18(13)22/h2-11H,1H3,(H,20,25). The summed E-state index contributed by atoms with van der Waals surface area (Å²) in [6.07, 6.45) is 1.78. The van der Waals surface area contributed by atoms with Crippen LogP contribution in [-0.4, -0.2) is 16.7 Å². The molecule has 25 heavy (non-hydrogen) atoms. The number of rotatable bonds is 3. The van der Waals surface area contributed by atoms with Crippen LogP contribution in [0.5, 0.6) is 5.75 Å². The fourth-order valence-electron chi connectivity index (χ4n) is 2.79. The minimum Gasteiger partial charge on any atom is -0.495 e. The van der Waals surface area contributed by atoms with E-state index in [1.54, 1.807) is 30.0 Å². The summed E-state index contributed by atoms with van der Waals surface area (Å²) in [5.41, 5.74) is 1.96. The third kappa shape index (κ3) is 2.66. The second kappa shape index (κ2) is 6.07. The average Bonchev–Trinajstić information content (AvgIpc) is 3.02. The summed E-state index contributed by atoms with van der Waals surface area (Å²) in [5.74, 6) is 0.690. The van der Waals surface area contributed by atoms with Gasteiger partial charge in [-0.2, -0.15) is 0 Å². The maximum absolute atomic E-state index is 12.4. The Morgan fingerprint density at radius 1 is 1.12 bits per heavy atom. The molecule has 6 heteroatoms.